The monoisotopic (exact) mass is 394 g/mol. The predicted molar refractivity (Wildman–Crippen MR) is 124 cm³/mol. The van der Waals surface area contributed by atoms with Crippen molar-refractivity contribution in [3.05, 3.63) is 59.2 Å². The first kappa shape index (κ1) is 23.2. The SMILES string of the molecule is CCCCCCCc1ccc(-c2cc(CCCCCCC)ccc2C(=O)O)cc1. The van der Waals surface area contributed by atoms with Crippen LogP contribution in [0.4, 0.5) is 0 Å². The lowest BCUT2D eigenvalue weighted by atomic mass is 9.94. The Balaban J connectivity index is 2.04. The van der Waals surface area contributed by atoms with Crippen LogP contribution in [0, 0.1) is 0 Å². The van der Waals surface area contributed by atoms with Crippen LogP contribution < -0.4 is 0 Å². The van der Waals surface area contributed by atoms with E-state index >= 15 is 0 Å². The predicted octanol–water partition coefficient (Wildman–Crippen LogP) is 8.08. The van der Waals surface area contributed by atoms with Crippen molar-refractivity contribution in [2.75, 3.05) is 0 Å². The van der Waals surface area contributed by atoms with Crippen LogP contribution in [0.5, 0.6) is 0 Å². The maximum atomic E-state index is 11.7. The van der Waals surface area contributed by atoms with Gasteiger partial charge in [-0.3, -0.25) is 0 Å². The van der Waals surface area contributed by atoms with Crippen LogP contribution in [0.25, 0.3) is 11.1 Å². The van der Waals surface area contributed by atoms with E-state index in [-0.39, 0.29) is 0 Å². The van der Waals surface area contributed by atoms with Gasteiger partial charge in [-0.05, 0) is 54.0 Å². The third kappa shape index (κ3) is 8.04. The number of aryl methyl sites for hydroxylation is 2. The molecular weight excluding hydrogens is 356 g/mol. The third-order valence-corrected chi connectivity index (χ3v) is 5.72. The lowest BCUT2D eigenvalue weighted by Gasteiger charge is -2.11. The minimum Gasteiger partial charge on any atom is -0.478 e. The van der Waals surface area contributed by atoms with E-state index in [1.165, 1.54) is 75.3 Å². The second kappa shape index (κ2) is 13.2. The molecule has 0 aliphatic carbocycles. The molecule has 0 atom stereocenters. The van der Waals surface area contributed by atoms with E-state index in [1.807, 2.05) is 6.07 Å². The van der Waals surface area contributed by atoms with Crippen molar-refractivity contribution in [1.29, 1.82) is 0 Å². The van der Waals surface area contributed by atoms with Gasteiger partial charge in [0.1, 0.15) is 0 Å². The zero-order valence-corrected chi connectivity index (χ0v) is 18.4. The zero-order chi connectivity index (χ0) is 20.9. The number of carboxylic acids is 1. The first-order chi connectivity index (χ1) is 14.2. The average molecular weight is 395 g/mol. The molecule has 2 aromatic carbocycles. The molecule has 2 rings (SSSR count). The smallest absolute Gasteiger partial charge is 0.336 e. The molecule has 0 heterocycles. The van der Waals surface area contributed by atoms with Gasteiger partial charge in [-0.2, -0.15) is 0 Å². The maximum Gasteiger partial charge on any atom is 0.336 e. The fourth-order valence-corrected chi connectivity index (χ4v) is 3.89. The van der Waals surface area contributed by atoms with Crippen molar-refractivity contribution in [3.63, 3.8) is 0 Å². The van der Waals surface area contributed by atoms with Gasteiger partial charge < -0.3 is 5.11 Å². The number of aromatic carboxylic acids is 1. The molecule has 0 saturated carbocycles. The third-order valence-electron chi connectivity index (χ3n) is 5.72. The van der Waals surface area contributed by atoms with Crippen molar-refractivity contribution in [1.82, 2.24) is 0 Å². The Hall–Kier alpha value is -2.09. The van der Waals surface area contributed by atoms with Crippen LogP contribution in [-0.4, -0.2) is 11.1 Å². The Morgan fingerprint density at radius 3 is 1.76 bits per heavy atom. The van der Waals surface area contributed by atoms with Crippen molar-refractivity contribution in [2.24, 2.45) is 0 Å². The highest BCUT2D eigenvalue weighted by atomic mass is 16.4. The number of benzene rings is 2. The minimum atomic E-state index is -0.852. The van der Waals surface area contributed by atoms with Gasteiger partial charge in [0, 0.05) is 0 Å². The second-order valence-corrected chi connectivity index (χ2v) is 8.21. The van der Waals surface area contributed by atoms with E-state index in [9.17, 15) is 9.90 Å². The summed E-state index contributed by atoms with van der Waals surface area (Å²) in [5.74, 6) is -0.852. The molecular formula is C27H38O2. The topological polar surface area (TPSA) is 37.3 Å². The number of unbranched alkanes of at least 4 members (excludes halogenated alkanes) is 8. The molecule has 0 aliphatic rings. The molecule has 0 radical (unpaired) electrons. The zero-order valence-electron chi connectivity index (χ0n) is 18.4. The van der Waals surface area contributed by atoms with Crippen molar-refractivity contribution in [3.8, 4) is 11.1 Å². The van der Waals surface area contributed by atoms with Gasteiger partial charge in [-0.1, -0.05) is 102 Å². The summed E-state index contributed by atoms with van der Waals surface area (Å²) in [6.07, 6.45) is 14.8. The number of rotatable bonds is 14. The number of carbonyl (C=O) groups is 1. The molecule has 29 heavy (non-hydrogen) atoms. The van der Waals surface area contributed by atoms with Crippen LogP contribution in [0.15, 0.2) is 42.5 Å². The lowest BCUT2D eigenvalue weighted by Crippen LogP contribution is -2.01. The number of hydrogen-bond acceptors (Lipinski definition) is 1. The van der Waals surface area contributed by atoms with E-state index in [4.69, 9.17) is 0 Å². The molecule has 158 valence electrons. The number of hydrogen-bond donors (Lipinski definition) is 1. The van der Waals surface area contributed by atoms with Gasteiger partial charge in [0.25, 0.3) is 0 Å². The summed E-state index contributed by atoms with van der Waals surface area (Å²) in [5, 5.41) is 9.63. The Kier molecular flexibility index (Phi) is 10.5. The second-order valence-electron chi connectivity index (χ2n) is 8.21. The quantitative estimate of drug-likeness (QED) is 0.329. The lowest BCUT2D eigenvalue weighted by molar-refractivity contribution is 0.0697. The Morgan fingerprint density at radius 1 is 0.690 bits per heavy atom. The molecule has 1 N–H and O–H groups in total. The molecule has 0 amide bonds. The van der Waals surface area contributed by atoms with Gasteiger partial charge in [-0.15, -0.1) is 0 Å². The van der Waals surface area contributed by atoms with Crippen LogP contribution in [0.2, 0.25) is 0 Å². The highest BCUT2D eigenvalue weighted by Gasteiger charge is 2.12. The van der Waals surface area contributed by atoms with Crippen LogP contribution in [-0.2, 0) is 12.8 Å². The summed E-state index contributed by atoms with van der Waals surface area (Å²) in [7, 11) is 0. The minimum absolute atomic E-state index is 0.395. The fraction of sp³-hybridized carbons (Fsp3) is 0.519. The summed E-state index contributed by atoms with van der Waals surface area (Å²) < 4.78 is 0. The van der Waals surface area contributed by atoms with E-state index in [2.05, 4.69) is 44.2 Å². The molecule has 2 heteroatoms. The maximum absolute atomic E-state index is 11.7. The summed E-state index contributed by atoms with van der Waals surface area (Å²) in [5.41, 5.74) is 4.82. The summed E-state index contributed by atoms with van der Waals surface area (Å²) in [6.45, 7) is 4.47. The molecule has 0 bridgehead atoms. The van der Waals surface area contributed by atoms with Gasteiger partial charge in [-0.25, -0.2) is 4.79 Å². The fourth-order valence-electron chi connectivity index (χ4n) is 3.89. The normalized spacial score (nSPS) is 11.0. The van der Waals surface area contributed by atoms with E-state index < -0.39 is 5.97 Å². The first-order valence-corrected chi connectivity index (χ1v) is 11.6. The Labute approximate surface area is 177 Å². The van der Waals surface area contributed by atoms with Gasteiger partial charge >= 0.3 is 5.97 Å². The average Bonchev–Trinajstić information content (AvgIpc) is 2.73. The van der Waals surface area contributed by atoms with Crippen LogP contribution in [0.3, 0.4) is 0 Å². The molecule has 0 spiro atoms. The molecule has 0 fully saturated rings. The van der Waals surface area contributed by atoms with Crippen molar-refractivity contribution < 1.29 is 9.90 Å². The Bertz CT molecular complexity index is 731. The molecule has 2 nitrogen and oxygen atoms in total. The van der Waals surface area contributed by atoms with Crippen LogP contribution in [0.1, 0.15) is 99.5 Å². The molecule has 0 unspecified atom stereocenters. The summed E-state index contributed by atoms with van der Waals surface area (Å²) in [4.78, 5) is 11.7. The van der Waals surface area contributed by atoms with Crippen molar-refractivity contribution in [2.45, 2.75) is 90.9 Å². The summed E-state index contributed by atoms with van der Waals surface area (Å²) >= 11 is 0. The van der Waals surface area contributed by atoms with Gasteiger partial charge in [0.05, 0.1) is 5.56 Å². The Morgan fingerprint density at radius 2 is 1.21 bits per heavy atom. The largest absolute Gasteiger partial charge is 0.478 e. The van der Waals surface area contributed by atoms with Crippen molar-refractivity contribution >= 4 is 5.97 Å². The van der Waals surface area contributed by atoms with Gasteiger partial charge in [0.2, 0.25) is 0 Å². The van der Waals surface area contributed by atoms with Crippen LogP contribution >= 0.6 is 0 Å². The molecule has 0 aliphatic heterocycles. The molecule has 0 saturated heterocycles. The van der Waals surface area contributed by atoms with E-state index in [0.29, 0.717) is 5.56 Å². The van der Waals surface area contributed by atoms with E-state index in [0.717, 1.165) is 24.0 Å². The highest BCUT2D eigenvalue weighted by molar-refractivity contribution is 5.96. The highest BCUT2D eigenvalue weighted by Crippen LogP contribution is 2.27. The summed E-state index contributed by atoms with van der Waals surface area (Å²) in [6, 6.07) is 14.4. The molecule has 2 aromatic rings. The molecule has 0 aromatic heterocycles. The van der Waals surface area contributed by atoms with Gasteiger partial charge in [0.15, 0.2) is 0 Å². The standard InChI is InChI=1S/C27H38O2/c1-3-5-7-9-11-13-22-15-18-24(19-16-22)26-21-23(14-12-10-8-6-4-2)17-20-25(26)27(28)29/h15-21H,3-14H2,1-2H3,(H,28,29). The first-order valence-electron chi connectivity index (χ1n) is 11.6. The number of carboxylic acid groups (broad SMARTS) is 1. The van der Waals surface area contributed by atoms with E-state index in [1.54, 1.807) is 6.07 Å².